The predicted molar refractivity (Wildman–Crippen MR) is 100 cm³/mol. The van der Waals surface area contributed by atoms with E-state index >= 15 is 0 Å². The van der Waals surface area contributed by atoms with Crippen molar-refractivity contribution < 1.29 is 17.9 Å². The fraction of sp³-hybridized carbons (Fsp3) is 0.444. The molecular formula is C18H23FN4O3S. The molecule has 27 heavy (non-hydrogen) atoms. The van der Waals surface area contributed by atoms with Crippen LogP contribution in [0.15, 0.2) is 36.8 Å². The summed E-state index contributed by atoms with van der Waals surface area (Å²) in [6, 6.07) is 5.84. The number of hydrogen-bond donors (Lipinski definition) is 2. The molecular weight excluding hydrogens is 371 g/mol. The van der Waals surface area contributed by atoms with Crippen LogP contribution < -0.4 is 5.32 Å². The number of nitrogens with zero attached hydrogens (tertiary/aromatic N) is 3. The van der Waals surface area contributed by atoms with Gasteiger partial charge in [-0.25, -0.2) is 27.1 Å². The second-order valence-electron chi connectivity index (χ2n) is 7.00. The molecule has 1 saturated heterocycles. The maximum atomic E-state index is 13.1. The first-order valence-corrected chi connectivity index (χ1v) is 10.5. The number of nitrogens with one attached hydrogen (secondary N) is 1. The van der Waals surface area contributed by atoms with Gasteiger partial charge < -0.3 is 10.4 Å². The van der Waals surface area contributed by atoms with E-state index in [2.05, 4.69) is 15.3 Å². The third-order valence-electron chi connectivity index (χ3n) is 5.08. The number of aromatic nitrogens is 2. The molecule has 0 aliphatic carbocycles. The number of sulfonamides is 1. The third-order valence-corrected chi connectivity index (χ3v) is 6.39. The van der Waals surface area contributed by atoms with Gasteiger partial charge in [0.2, 0.25) is 10.0 Å². The Hall–Kier alpha value is -2.10. The third kappa shape index (κ3) is 4.42. The van der Waals surface area contributed by atoms with Crippen molar-refractivity contribution >= 4 is 21.5 Å². The Morgan fingerprint density at radius 3 is 2.48 bits per heavy atom. The first-order chi connectivity index (χ1) is 12.7. The van der Waals surface area contributed by atoms with Crippen molar-refractivity contribution in [3.05, 3.63) is 48.2 Å². The zero-order valence-electron chi connectivity index (χ0n) is 15.3. The molecule has 2 heterocycles. The van der Waals surface area contributed by atoms with E-state index in [0.29, 0.717) is 43.0 Å². The van der Waals surface area contributed by atoms with E-state index in [1.54, 1.807) is 25.3 Å². The van der Waals surface area contributed by atoms with Crippen LogP contribution in [-0.4, -0.2) is 47.1 Å². The molecule has 0 radical (unpaired) electrons. The SMILES string of the molecule is CC(O)(c1cncnc1Nc1ccc(F)cc1)C1CCN(S(C)(=O)=O)CC1. The maximum Gasteiger partial charge on any atom is 0.211 e. The highest BCUT2D eigenvalue weighted by Gasteiger charge is 2.39. The lowest BCUT2D eigenvalue weighted by molar-refractivity contribution is -0.0252. The minimum absolute atomic E-state index is 0.143. The van der Waals surface area contributed by atoms with Crippen molar-refractivity contribution in [3.63, 3.8) is 0 Å². The van der Waals surface area contributed by atoms with E-state index in [-0.39, 0.29) is 11.7 Å². The Kier molecular flexibility index (Phi) is 5.45. The number of aliphatic hydroxyl groups is 1. The molecule has 1 aromatic carbocycles. The van der Waals surface area contributed by atoms with Crippen LogP contribution >= 0.6 is 0 Å². The maximum absolute atomic E-state index is 13.1. The zero-order chi connectivity index (χ0) is 19.7. The van der Waals surface area contributed by atoms with Gasteiger partial charge in [-0.1, -0.05) is 0 Å². The summed E-state index contributed by atoms with van der Waals surface area (Å²) in [5.41, 5.74) is -0.0843. The van der Waals surface area contributed by atoms with E-state index in [1.807, 2.05) is 0 Å². The van der Waals surface area contributed by atoms with Gasteiger partial charge in [0.1, 0.15) is 18.0 Å². The average molecular weight is 394 g/mol. The topological polar surface area (TPSA) is 95.4 Å². The first kappa shape index (κ1) is 19.7. The number of piperidine rings is 1. The van der Waals surface area contributed by atoms with E-state index in [1.165, 1.54) is 29.0 Å². The molecule has 3 rings (SSSR count). The van der Waals surface area contributed by atoms with Gasteiger partial charge >= 0.3 is 0 Å². The average Bonchev–Trinajstić information content (AvgIpc) is 2.63. The van der Waals surface area contributed by atoms with Crippen molar-refractivity contribution in [3.8, 4) is 0 Å². The van der Waals surface area contributed by atoms with Gasteiger partial charge in [0.25, 0.3) is 0 Å². The quantitative estimate of drug-likeness (QED) is 0.808. The molecule has 1 unspecified atom stereocenters. The van der Waals surface area contributed by atoms with Crippen molar-refractivity contribution in [2.75, 3.05) is 24.7 Å². The molecule has 1 aliphatic heterocycles. The Morgan fingerprint density at radius 2 is 1.89 bits per heavy atom. The fourth-order valence-electron chi connectivity index (χ4n) is 3.44. The summed E-state index contributed by atoms with van der Waals surface area (Å²) < 4.78 is 37.9. The van der Waals surface area contributed by atoms with Gasteiger partial charge in [-0.3, -0.25) is 0 Å². The van der Waals surface area contributed by atoms with Crippen molar-refractivity contribution in [1.82, 2.24) is 14.3 Å². The Bertz CT molecular complexity index is 895. The van der Waals surface area contributed by atoms with Crippen LogP contribution in [0.4, 0.5) is 15.9 Å². The monoisotopic (exact) mass is 394 g/mol. The molecule has 0 amide bonds. The normalized spacial score (nSPS) is 18.8. The minimum atomic E-state index is -3.23. The molecule has 1 aliphatic rings. The first-order valence-electron chi connectivity index (χ1n) is 8.68. The fourth-order valence-corrected chi connectivity index (χ4v) is 4.31. The summed E-state index contributed by atoms with van der Waals surface area (Å²) in [6.07, 6.45) is 5.19. The molecule has 2 N–H and O–H groups in total. The summed E-state index contributed by atoms with van der Waals surface area (Å²) in [6.45, 7) is 2.43. The molecule has 1 fully saturated rings. The second kappa shape index (κ2) is 7.49. The molecule has 0 bridgehead atoms. The molecule has 0 spiro atoms. The van der Waals surface area contributed by atoms with Gasteiger partial charge in [-0.05, 0) is 49.9 Å². The van der Waals surface area contributed by atoms with Gasteiger partial charge in [0, 0.05) is 30.5 Å². The van der Waals surface area contributed by atoms with Crippen LogP contribution in [0.3, 0.4) is 0 Å². The van der Waals surface area contributed by atoms with Gasteiger partial charge in [-0.2, -0.15) is 0 Å². The van der Waals surface area contributed by atoms with Crippen molar-refractivity contribution in [2.45, 2.75) is 25.4 Å². The highest BCUT2D eigenvalue weighted by Crippen LogP contribution is 2.39. The molecule has 1 atom stereocenters. The van der Waals surface area contributed by atoms with Crippen LogP contribution in [0.25, 0.3) is 0 Å². The minimum Gasteiger partial charge on any atom is -0.385 e. The van der Waals surface area contributed by atoms with Crippen LogP contribution in [0.5, 0.6) is 0 Å². The molecule has 7 nitrogen and oxygen atoms in total. The number of halogens is 1. The van der Waals surface area contributed by atoms with E-state index in [9.17, 15) is 17.9 Å². The highest BCUT2D eigenvalue weighted by atomic mass is 32.2. The number of anilines is 2. The smallest absolute Gasteiger partial charge is 0.211 e. The zero-order valence-corrected chi connectivity index (χ0v) is 16.1. The summed E-state index contributed by atoms with van der Waals surface area (Å²) in [4.78, 5) is 8.27. The molecule has 1 aromatic heterocycles. The summed E-state index contributed by atoms with van der Waals surface area (Å²) >= 11 is 0. The van der Waals surface area contributed by atoms with Gasteiger partial charge in [-0.15, -0.1) is 0 Å². The largest absolute Gasteiger partial charge is 0.385 e. The Labute approximate surface area is 158 Å². The van der Waals surface area contributed by atoms with E-state index in [4.69, 9.17) is 0 Å². The van der Waals surface area contributed by atoms with Crippen LogP contribution in [0.2, 0.25) is 0 Å². The number of rotatable bonds is 5. The summed E-state index contributed by atoms with van der Waals surface area (Å²) in [5.74, 6) is -0.0458. The summed E-state index contributed by atoms with van der Waals surface area (Å²) in [5, 5.41) is 14.3. The second-order valence-corrected chi connectivity index (χ2v) is 8.98. The number of benzene rings is 1. The summed E-state index contributed by atoms with van der Waals surface area (Å²) in [7, 11) is -3.23. The van der Waals surface area contributed by atoms with Gasteiger partial charge in [0.15, 0.2) is 0 Å². The number of hydrogen-bond acceptors (Lipinski definition) is 6. The van der Waals surface area contributed by atoms with Crippen molar-refractivity contribution in [2.24, 2.45) is 5.92 Å². The molecule has 9 heteroatoms. The molecule has 146 valence electrons. The van der Waals surface area contributed by atoms with Crippen molar-refractivity contribution in [1.29, 1.82) is 0 Å². The lowest BCUT2D eigenvalue weighted by atomic mass is 9.78. The lowest BCUT2D eigenvalue weighted by Crippen LogP contribution is -2.44. The molecule has 2 aromatic rings. The Morgan fingerprint density at radius 1 is 1.26 bits per heavy atom. The lowest BCUT2D eigenvalue weighted by Gasteiger charge is -2.39. The highest BCUT2D eigenvalue weighted by molar-refractivity contribution is 7.88. The van der Waals surface area contributed by atoms with Crippen LogP contribution in [0, 0.1) is 11.7 Å². The van der Waals surface area contributed by atoms with Crippen LogP contribution in [0.1, 0.15) is 25.3 Å². The molecule has 0 saturated carbocycles. The predicted octanol–water partition coefficient (Wildman–Crippen LogP) is 2.24. The van der Waals surface area contributed by atoms with Gasteiger partial charge in [0.05, 0.1) is 11.9 Å². The standard InChI is InChI=1S/C18H23FN4O3S/c1-18(24,13-7-9-23(10-8-13)27(2,25)26)16-11-20-12-21-17(16)22-15-5-3-14(19)4-6-15/h3-6,11-13,24H,7-10H2,1-2H3,(H,20,21,22). The Balaban J connectivity index is 1.82. The van der Waals surface area contributed by atoms with E-state index < -0.39 is 15.6 Å². The van der Waals surface area contributed by atoms with E-state index in [0.717, 1.165) is 0 Å². The van der Waals surface area contributed by atoms with Crippen LogP contribution in [-0.2, 0) is 15.6 Å².